The summed E-state index contributed by atoms with van der Waals surface area (Å²) < 4.78 is 5.64. The predicted molar refractivity (Wildman–Crippen MR) is 73.5 cm³/mol. The van der Waals surface area contributed by atoms with Crippen molar-refractivity contribution in [3.8, 4) is 5.75 Å². The van der Waals surface area contributed by atoms with E-state index in [0.717, 1.165) is 12.8 Å². The number of ether oxygens (including phenoxy) is 1. The number of hydrogen-bond acceptors (Lipinski definition) is 3. The lowest BCUT2D eigenvalue weighted by Crippen LogP contribution is -2.13. The van der Waals surface area contributed by atoms with Gasteiger partial charge in [0.25, 0.3) is 0 Å². The third kappa shape index (κ3) is 4.11. The van der Waals surface area contributed by atoms with Crippen LogP contribution in [0.25, 0.3) is 0 Å². The molecule has 1 unspecified atom stereocenters. The number of nitrogens with two attached hydrogens (primary N) is 1. The molecule has 0 spiro atoms. The third-order valence-corrected chi connectivity index (χ3v) is 2.94. The van der Waals surface area contributed by atoms with Crippen LogP contribution in [0.4, 0.5) is 0 Å². The van der Waals surface area contributed by atoms with Crippen molar-refractivity contribution in [2.24, 2.45) is 16.8 Å². The minimum Gasteiger partial charge on any atom is -0.492 e. The van der Waals surface area contributed by atoms with Crippen molar-refractivity contribution in [2.75, 3.05) is 6.61 Å². The molecule has 0 aliphatic rings. The number of nitrogens with zero attached hydrogens (tertiary/aromatic N) is 1. The summed E-state index contributed by atoms with van der Waals surface area (Å²) in [6.07, 6.45) is 2.26. The molecule has 0 saturated carbocycles. The molecule has 0 fully saturated rings. The molecule has 18 heavy (non-hydrogen) atoms. The van der Waals surface area contributed by atoms with Crippen LogP contribution >= 0.6 is 11.6 Å². The summed E-state index contributed by atoms with van der Waals surface area (Å²) in [5.74, 6) is 1.15. The lowest BCUT2D eigenvalue weighted by Gasteiger charge is -2.13. The quantitative estimate of drug-likeness (QED) is 0.361. The molecular formula is C13H19ClN2O2. The Bertz CT molecular complexity index is 421. The first-order valence-corrected chi connectivity index (χ1v) is 6.36. The fourth-order valence-electron chi connectivity index (χ4n) is 1.64. The van der Waals surface area contributed by atoms with Gasteiger partial charge in [0, 0.05) is 5.56 Å². The van der Waals surface area contributed by atoms with Crippen LogP contribution < -0.4 is 10.5 Å². The van der Waals surface area contributed by atoms with Crippen LogP contribution in [-0.2, 0) is 0 Å². The van der Waals surface area contributed by atoms with E-state index in [2.05, 4.69) is 19.0 Å². The number of hydrogen-bond donors (Lipinski definition) is 2. The first kappa shape index (κ1) is 14.6. The number of benzene rings is 1. The average molecular weight is 271 g/mol. The minimum absolute atomic E-state index is 0.0304. The first-order chi connectivity index (χ1) is 8.58. The molecule has 3 N–H and O–H groups in total. The maximum atomic E-state index is 8.57. The van der Waals surface area contributed by atoms with E-state index >= 15 is 0 Å². The summed E-state index contributed by atoms with van der Waals surface area (Å²) in [6.45, 7) is 4.92. The van der Waals surface area contributed by atoms with Crippen molar-refractivity contribution in [1.82, 2.24) is 0 Å². The molecule has 4 nitrogen and oxygen atoms in total. The Morgan fingerprint density at radius 3 is 2.83 bits per heavy atom. The summed E-state index contributed by atoms with van der Waals surface area (Å²) in [5, 5.41) is 12.0. The molecule has 5 heteroatoms. The van der Waals surface area contributed by atoms with E-state index in [4.69, 9.17) is 27.3 Å². The molecule has 100 valence electrons. The zero-order valence-corrected chi connectivity index (χ0v) is 11.4. The second kappa shape index (κ2) is 7.11. The molecule has 1 atom stereocenters. The highest BCUT2D eigenvalue weighted by atomic mass is 35.5. The van der Waals surface area contributed by atoms with Gasteiger partial charge >= 0.3 is 0 Å². The smallest absolute Gasteiger partial charge is 0.170 e. The SMILES string of the molecule is CCCC(C)COc1ccc(C(N)=NO)cc1Cl. The van der Waals surface area contributed by atoms with Crippen LogP contribution in [0.3, 0.4) is 0 Å². The van der Waals surface area contributed by atoms with Gasteiger partial charge in [0.15, 0.2) is 5.84 Å². The van der Waals surface area contributed by atoms with E-state index in [1.807, 2.05) is 0 Å². The van der Waals surface area contributed by atoms with Gasteiger partial charge in [-0.15, -0.1) is 0 Å². The monoisotopic (exact) mass is 270 g/mol. The summed E-state index contributed by atoms with van der Waals surface area (Å²) >= 11 is 6.07. The molecule has 0 aliphatic carbocycles. The van der Waals surface area contributed by atoms with E-state index in [1.165, 1.54) is 0 Å². The van der Waals surface area contributed by atoms with Crippen molar-refractivity contribution in [3.05, 3.63) is 28.8 Å². The Morgan fingerprint density at radius 2 is 2.28 bits per heavy atom. The normalized spacial score (nSPS) is 13.4. The maximum Gasteiger partial charge on any atom is 0.170 e. The van der Waals surface area contributed by atoms with Crippen LogP contribution in [0, 0.1) is 5.92 Å². The number of rotatable bonds is 6. The van der Waals surface area contributed by atoms with Crippen LogP contribution in [0.1, 0.15) is 32.3 Å². The van der Waals surface area contributed by atoms with Crippen molar-refractivity contribution in [1.29, 1.82) is 0 Å². The summed E-state index contributed by atoms with van der Waals surface area (Å²) in [7, 11) is 0. The molecule has 1 aromatic carbocycles. The predicted octanol–water partition coefficient (Wildman–Crippen LogP) is 3.25. The summed E-state index contributed by atoms with van der Waals surface area (Å²) in [4.78, 5) is 0. The van der Waals surface area contributed by atoms with Crippen LogP contribution in [0.2, 0.25) is 5.02 Å². The van der Waals surface area contributed by atoms with Crippen molar-refractivity contribution in [3.63, 3.8) is 0 Å². The summed E-state index contributed by atoms with van der Waals surface area (Å²) in [5.41, 5.74) is 6.04. The van der Waals surface area contributed by atoms with Crippen molar-refractivity contribution >= 4 is 17.4 Å². The van der Waals surface area contributed by atoms with Gasteiger partial charge in [-0.05, 0) is 30.5 Å². The Balaban J connectivity index is 2.68. The fraction of sp³-hybridized carbons (Fsp3) is 0.462. The average Bonchev–Trinajstić information content (AvgIpc) is 2.36. The van der Waals surface area contributed by atoms with E-state index in [9.17, 15) is 0 Å². The second-order valence-electron chi connectivity index (χ2n) is 4.34. The highest BCUT2D eigenvalue weighted by Gasteiger charge is 2.08. The highest BCUT2D eigenvalue weighted by molar-refractivity contribution is 6.32. The molecule has 0 bridgehead atoms. The first-order valence-electron chi connectivity index (χ1n) is 5.98. The maximum absolute atomic E-state index is 8.57. The number of halogens is 1. The van der Waals surface area contributed by atoms with Crippen LogP contribution in [0.15, 0.2) is 23.4 Å². The molecule has 0 saturated heterocycles. The molecule has 0 radical (unpaired) electrons. The van der Waals surface area contributed by atoms with Gasteiger partial charge < -0.3 is 15.7 Å². The van der Waals surface area contributed by atoms with Crippen molar-refractivity contribution in [2.45, 2.75) is 26.7 Å². The van der Waals surface area contributed by atoms with Gasteiger partial charge in [-0.25, -0.2) is 0 Å². The van der Waals surface area contributed by atoms with Crippen LogP contribution in [0.5, 0.6) is 5.75 Å². The molecule has 0 aromatic heterocycles. The lowest BCUT2D eigenvalue weighted by atomic mass is 10.1. The Morgan fingerprint density at radius 1 is 1.56 bits per heavy atom. The van der Waals surface area contributed by atoms with Gasteiger partial charge in [0.05, 0.1) is 11.6 Å². The van der Waals surface area contributed by atoms with E-state index < -0.39 is 0 Å². The summed E-state index contributed by atoms with van der Waals surface area (Å²) in [6, 6.07) is 5.06. The number of amidine groups is 1. The van der Waals surface area contributed by atoms with Gasteiger partial charge in [-0.1, -0.05) is 37.0 Å². The molecule has 0 heterocycles. The Hall–Kier alpha value is -1.42. The highest BCUT2D eigenvalue weighted by Crippen LogP contribution is 2.26. The molecule has 0 aliphatic heterocycles. The van der Waals surface area contributed by atoms with E-state index in [-0.39, 0.29) is 5.84 Å². The van der Waals surface area contributed by atoms with Crippen molar-refractivity contribution < 1.29 is 9.94 Å². The number of oxime groups is 1. The van der Waals surface area contributed by atoms with Gasteiger partial charge in [-0.2, -0.15) is 0 Å². The lowest BCUT2D eigenvalue weighted by molar-refractivity contribution is 0.251. The second-order valence-corrected chi connectivity index (χ2v) is 4.74. The van der Waals surface area contributed by atoms with Crippen LogP contribution in [-0.4, -0.2) is 17.6 Å². The Labute approximate surface area is 112 Å². The zero-order valence-electron chi connectivity index (χ0n) is 10.7. The topological polar surface area (TPSA) is 67.8 Å². The van der Waals surface area contributed by atoms with E-state index in [0.29, 0.717) is 28.9 Å². The van der Waals surface area contributed by atoms with Gasteiger partial charge in [-0.3, -0.25) is 0 Å². The molecule has 0 amide bonds. The Kier molecular flexibility index (Phi) is 5.78. The largest absolute Gasteiger partial charge is 0.492 e. The van der Waals surface area contributed by atoms with Gasteiger partial charge in [0.1, 0.15) is 5.75 Å². The molecule has 1 rings (SSSR count). The van der Waals surface area contributed by atoms with Gasteiger partial charge in [0.2, 0.25) is 0 Å². The standard InChI is InChI=1S/C13H19ClN2O2/c1-3-4-9(2)8-18-12-6-5-10(7-11(12)14)13(15)16-17/h5-7,9,17H,3-4,8H2,1-2H3,(H2,15,16). The minimum atomic E-state index is 0.0304. The third-order valence-electron chi connectivity index (χ3n) is 2.64. The molecule has 1 aromatic rings. The fourth-order valence-corrected chi connectivity index (χ4v) is 1.88. The zero-order chi connectivity index (χ0) is 13.5. The molecular weight excluding hydrogens is 252 g/mol. The van der Waals surface area contributed by atoms with E-state index in [1.54, 1.807) is 18.2 Å².